The lowest BCUT2D eigenvalue weighted by molar-refractivity contribution is -0.120. The van der Waals surface area contributed by atoms with E-state index in [4.69, 9.17) is 0 Å². The molecule has 0 spiro atoms. The molecule has 0 aliphatic carbocycles. The fourth-order valence-corrected chi connectivity index (χ4v) is 0.932. The molecule has 0 bridgehead atoms. The molecular formula is C10H20N2O. The first-order valence-electron chi connectivity index (χ1n) is 4.70. The second kappa shape index (κ2) is 6.66. The van der Waals surface area contributed by atoms with Crippen LogP contribution in [0.1, 0.15) is 27.2 Å². The van der Waals surface area contributed by atoms with Crippen molar-refractivity contribution in [2.75, 3.05) is 6.54 Å². The monoisotopic (exact) mass is 184 g/mol. The summed E-state index contributed by atoms with van der Waals surface area (Å²) in [5.74, 6) is 0.0445. The summed E-state index contributed by atoms with van der Waals surface area (Å²) < 4.78 is 0. The lowest BCUT2D eigenvalue weighted by Crippen LogP contribution is -2.40. The van der Waals surface area contributed by atoms with Gasteiger partial charge in [-0.25, -0.2) is 0 Å². The van der Waals surface area contributed by atoms with Gasteiger partial charge in [0.15, 0.2) is 0 Å². The fourth-order valence-electron chi connectivity index (χ4n) is 0.932. The molecule has 0 aliphatic heterocycles. The van der Waals surface area contributed by atoms with Gasteiger partial charge in [-0.05, 0) is 13.3 Å². The highest BCUT2D eigenvalue weighted by atomic mass is 16.1. The molecule has 0 aromatic rings. The Bertz CT molecular complexity index is 166. The molecule has 0 fully saturated rings. The molecule has 0 rings (SSSR count). The zero-order valence-corrected chi connectivity index (χ0v) is 8.76. The van der Waals surface area contributed by atoms with Crippen molar-refractivity contribution in [3.8, 4) is 0 Å². The average molecular weight is 184 g/mol. The van der Waals surface area contributed by atoms with Crippen LogP contribution in [0, 0.1) is 0 Å². The average Bonchev–Trinajstić information content (AvgIpc) is 2.01. The lowest BCUT2D eigenvalue weighted by atomic mass is 10.2. The Balaban J connectivity index is 3.55. The van der Waals surface area contributed by atoms with Crippen molar-refractivity contribution in [2.24, 2.45) is 0 Å². The van der Waals surface area contributed by atoms with Crippen LogP contribution in [0.2, 0.25) is 0 Å². The van der Waals surface area contributed by atoms with Gasteiger partial charge in [0.05, 0.1) is 6.54 Å². The van der Waals surface area contributed by atoms with Gasteiger partial charge in [-0.3, -0.25) is 4.79 Å². The normalized spacial score (nSPS) is 12.6. The minimum atomic E-state index is 0.0445. The van der Waals surface area contributed by atoms with Gasteiger partial charge in [-0.2, -0.15) is 0 Å². The molecule has 3 nitrogen and oxygen atoms in total. The van der Waals surface area contributed by atoms with Gasteiger partial charge in [-0.1, -0.05) is 19.9 Å². The smallest absolute Gasteiger partial charge is 0.234 e. The SMILES string of the molecule is C=CCC(C)NC(=O)CNC(C)C. The largest absolute Gasteiger partial charge is 0.352 e. The highest BCUT2D eigenvalue weighted by molar-refractivity contribution is 5.78. The van der Waals surface area contributed by atoms with E-state index in [0.717, 1.165) is 6.42 Å². The summed E-state index contributed by atoms with van der Waals surface area (Å²) in [5, 5.41) is 5.92. The van der Waals surface area contributed by atoms with Gasteiger partial charge in [0.25, 0.3) is 0 Å². The third-order valence-corrected chi connectivity index (χ3v) is 1.60. The Morgan fingerprint density at radius 1 is 1.46 bits per heavy atom. The van der Waals surface area contributed by atoms with Gasteiger partial charge >= 0.3 is 0 Å². The van der Waals surface area contributed by atoms with Gasteiger partial charge < -0.3 is 10.6 Å². The van der Waals surface area contributed by atoms with Crippen LogP contribution in [0.3, 0.4) is 0 Å². The molecule has 1 amide bonds. The highest BCUT2D eigenvalue weighted by Gasteiger charge is 2.05. The maximum absolute atomic E-state index is 11.2. The van der Waals surface area contributed by atoms with Gasteiger partial charge in [-0.15, -0.1) is 6.58 Å². The minimum absolute atomic E-state index is 0.0445. The van der Waals surface area contributed by atoms with Crippen molar-refractivity contribution in [3.05, 3.63) is 12.7 Å². The topological polar surface area (TPSA) is 41.1 Å². The number of nitrogens with one attached hydrogen (secondary N) is 2. The molecule has 0 saturated carbocycles. The molecular weight excluding hydrogens is 164 g/mol. The molecule has 2 N–H and O–H groups in total. The number of carbonyl (C=O) groups is 1. The third-order valence-electron chi connectivity index (χ3n) is 1.60. The molecule has 0 saturated heterocycles. The van der Waals surface area contributed by atoms with Crippen LogP contribution in [0.15, 0.2) is 12.7 Å². The number of carbonyl (C=O) groups excluding carboxylic acids is 1. The number of amides is 1. The molecule has 1 atom stereocenters. The van der Waals surface area contributed by atoms with Crippen molar-refractivity contribution in [1.29, 1.82) is 0 Å². The van der Waals surface area contributed by atoms with Crippen molar-refractivity contribution in [1.82, 2.24) is 10.6 Å². The predicted octanol–water partition coefficient (Wildman–Crippen LogP) is 1.07. The predicted molar refractivity (Wildman–Crippen MR) is 55.6 cm³/mol. The summed E-state index contributed by atoms with van der Waals surface area (Å²) in [7, 11) is 0. The lowest BCUT2D eigenvalue weighted by Gasteiger charge is -2.13. The molecule has 0 heterocycles. The van der Waals surface area contributed by atoms with E-state index < -0.39 is 0 Å². The van der Waals surface area contributed by atoms with Crippen LogP contribution in [0.25, 0.3) is 0 Å². The van der Waals surface area contributed by atoms with Crippen LogP contribution >= 0.6 is 0 Å². The van der Waals surface area contributed by atoms with Crippen molar-refractivity contribution in [2.45, 2.75) is 39.3 Å². The molecule has 0 aromatic carbocycles. The van der Waals surface area contributed by atoms with E-state index in [-0.39, 0.29) is 11.9 Å². The van der Waals surface area contributed by atoms with Crippen molar-refractivity contribution in [3.63, 3.8) is 0 Å². The first kappa shape index (κ1) is 12.2. The highest BCUT2D eigenvalue weighted by Crippen LogP contribution is 1.89. The van der Waals surface area contributed by atoms with E-state index in [2.05, 4.69) is 17.2 Å². The first-order valence-corrected chi connectivity index (χ1v) is 4.70. The second-order valence-electron chi connectivity index (χ2n) is 3.53. The van der Waals surface area contributed by atoms with E-state index in [1.54, 1.807) is 6.08 Å². The van der Waals surface area contributed by atoms with Crippen LogP contribution in [-0.4, -0.2) is 24.5 Å². The summed E-state index contributed by atoms with van der Waals surface area (Å²) in [6, 6.07) is 0.527. The molecule has 76 valence electrons. The summed E-state index contributed by atoms with van der Waals surface area (Å²) in [6.07, 6.45) is 2.62. The van der Waals surface area contributed by atoms with Crippen LogP contribution in [0.5, 0.6) is 0 Å². The third kappa shape index (κ3) is 7.53. The molecule has 0 aromatic heterocycles. The number of hydrogen-bond donors (Lipinski definition) is 2. The fraction of sp³-hybridized carbons (Fsp3) is 0.700. The zero-order chi connectivity index (χ0) is 10.3. The Morgan fingerprint density at radius 3 is 2.54 bits per heavy atom. The quantitative estimate of drug-likeness (QED) is 0.606. The number of hydrogen-bond acceptors (Lipinski definition) is 2. The van der Waals surface area contributed by atoms with Crippen LogP contribution < -0.4 is 10.6 Å². The Kier molecular flexibility index (Phi) is 6.24. The van der Waals surface area contributed by atoms with E-state index in [9.17, 15) is 4.79 Å². The van der Waals surface area contributed by atoms with Crippen molar-refractivity contribution < 1.29 is 4.79 Å². The summed E-state index contributed by atoms with van der Waals surface area (Å²) in [4.78, 5) is 11.2. The number of rotatable bonds is 6. The van der Waals surface area contributed by atoms with E-state index in [1.807, 2.05) is 20.8 Å². The van der Waals surface area contributed by atoms with Crippen LogP contribution in [0.4, 0.5) is 0 Å². The Hall–Kier alpha value is -0.830. The summed E-state index contributed by atoms with van der Waals surface area (Å²) in [5.41, 5.74) is 0. The molecule has 1 unspecified atom stereocenters. The summed E-state index contributed by atoms with van der Waals surface area (Å²) in [6.45, 7) is 10.00. The second-order valence-corrected chi connectivity index (χ2v) is 3.53. The first-order chi connectivity index (χ1) is 6.06. The Labute approximate surface area is 80.6 Å². The molecule has 0 aliphatic rings. The maximum atomic E-state index is 11.2. The molecule has 0 radical (unpaired) electrons. The zero-order valence-electron chi connectivity index (χ0n) is 8.76. The van der Waals surface area contributed by atoms with Gasteiger partial charge in [0, 0.05) is 12.1 Å². The Morgan fingerprint density at radius 2 is 2.08 bits per heavy atom. The summed E-state index contributed by atoms with van der Waals surface area (Å²) >= 11 is 0. The molecule has 3 heteroatoms. The van der Waals surface area contributed by atoms with Gasteiger partial charge in [0.2, 0.25) is 5.91 Å². The van der Waals surface area contributed by atoms with Crippen LogP contribution in [-0.2, 0) is 4.79 Å². The molecule has 13 heavy (non-hydrogen) atoms. The van der Waals surface area contributed by atoms with E-state index >= 15 is 0 Å². The standard InChI is InChI=1S/C10H20N2O/c1-5-6-9(4)12-10(13)7-11-8(2)3/h5,8-9,11H,1,6-7H2,2-4H3,(H,12,13). The van der Waals surface area contributed by atoms with E-state index in [1.165, 1.54) is 0 Å². The van der Waals surface area contributed by atoms with Gasteiger partial charge in [0.1, 0.15) is 0 Å². The maximum Gasteiger partial charge on any atom is 0.234 e. The van der Waals surface area contributed by atoms with Crippen molar-refractivity contribution >= 4 is 5.91 Å². The minimum Gasteiger partial charge on any atom is -0.352 e. The van der Waals surface area contributed by atoms with E-state index in [0.29, 0.717) is 12.6 Å².